The van der Waals surface area contributed by atoms with E-state index in [1.54, 1.807) is 6.20 Å². The van der Waals surface area contributed by atoms with Gasteiger partial charge in [0.2, 0.25) is 0 Å². The predicted molar refractivity (Wildman–Crippen MR) is 76.3 cm³/mol. The van der Waals surface area contributed by atoms with Gasteiger partial charge in [0.1, 0.15) is 5.82 Å². The van der Waals surface area contributed by atoms with E-state index in [-0.39, 0.29) is 0 Å². The van der Waals surface area contributed by atoms with Gasteiger partial charge in [-0.2, -0.15) is 0 Å². The molecule has 0 aliphatic rings. The first kappa shape index (κ1) is 11.7. The SMILES string of the molecule is Cc1ccc(-n2cc(C)nc2-c2cccnc2)cc1. The van der Waals surface area contributed by atoms with Crippen molar-refractivity contribution in [3.63, 3.8) is 0 Å². The van der Waals surface area contributed by atoms with E-state index in [0.717, 1.165) is 22.8 Å². The fraction of sp³-hybridized carbons (Fsp3) is 0.125. The topological polar surface area (TPSA) is 30.7 Å². The summed E-state index contributed by atoms with van der Waals surface area (Å²) in [4.78, 5) is 8.77. The number of benzene rings is 1. The summed E-state index contributed by atoms with van der Waals surface area (Å²) in [6, 6.07) is 12.4. The number of imidazole rings is 1. The largest absolute Gasteiger partial charge is 0.299 e. The molecule has 1 aromatic carbocycles. The third-order valence-electron chi connectivity index (χ3n) is 3.06. The quantitative estimate of drug-likeness (QED) is 0.695. The summed E-state index contributed by atoms with van der Waals surface area (Å²) < 4.78 is 2.10. The summed E-state index contributed by atoms with van der Waals surface area (Å²) in [6.07, 6.45) is 5.66. The maximum Gasteiger partial charge on any atom is 0.146 e. The molecular formula is C16H15N3. The molecule has 0 spiro atoms. The van der Waals surface area contributed by atoms with Gasteiger partial charge in [-0.3, -0.25) is 9.55 Å². The summed E-state index contributed by atoms with van der Waals surface area (Å²) >= 11 is 0. The molecule has 0 saturated heterocycles. The highest BCUT2D eigenvalue weighted by molar-refractivity contribution is 5.58. The number of aryl methyl sites for hydroxylation is 2. The lowest BCUT2D eigenvalue weighted by Crippen LogP contribution is -1.96. The van der Waals surface area contributed by atoms with Crippen LogP contribution >= 0.6 is 0 Å². The fourth-order valence-corrected chi connectivity index (χ4v) is 2.10. The molecule has 0 aliphatic carbocycles. The van der Waals surface area contributed by atoms with E-state index in [1.165, 1.54) is 5.56 Å². The summed E-state index contributed by atoms with van der Waals surface area (Å²) in [5, 5.41) is 0. The van der Waals surface area contributed by atoms with Crippen molar-refractivity contribution in [2.45, 2.75) is 13.8 Å². The maximum absolute atomic E-state index is 4.60. The van der Waals surface area contributed by atoms with Crippen LogP contribution in [0.3, 0.4) is 0 Å². The van der Waals surface area contributed by atoms with Crippen molar-refractivity contribution in [1.82, 2.24) is 14.5 Å². The minimum absolute atomic E-state index is 0.925. The molecule has 0 fully saturated rings. The smallest absolute Gasteiger partial charge is 0.146 e. The molecule has 0 saturated carbocycles. The fourth-order valence-electron chi connectivity index (χ4n) is 2.10. The minimum Gasteiger partial charge on any atom is -0.299 e. The van der Waals surface area contributed by atoms with Crippen LogP contribution in [0, 0.1) is 13.8 Å². The van der Waals surface area contributed by atoms with Crippen molar-refractivity contribution in [3.8, 4) is 17.1 Å². The first-order valence-corrected chi connectivity index (χ1v) is 6.27. The zero-order valence-corrected chi connectivity index (χ0v) is 11.0. The van der Waals surface area contributed by atoms with Gasteiger partial charge in [-0.15, -0.1) is 0 Å². The second kappa shape index (κ2) is 4.69. The summed E-state index contributed by atoms with van der Waals surface area (Å²) in [7, 11) is 0. The first-order valence-electron chi connectivity index (χ1n) is 6.27. The van der Waals surface area contributed by atoms with E-state index in [0.29, 0.717) is 0 Å². The van der Waals surface area contributed by atoms with Crippen molar-refractivity contribution in [1.29, 1.82) is 0 Å². The van der Waals surface area contributed by atoms with Crippen LogP contribution in [0.2, 0.25) is 0 Å². The summed E-state index contributed by atoms with van der Waals surface area (Å²) in [5.74, 6) is 0.925. The average molecular weight is 249 g/mol. The van der Waals surface area contributed by atoms with Crippen molar-refractivity contribution < 1.29 is 0 Å². The molecule has 19 heavy (non-hydrogen) atoms. The number of pyridine rings is 1. The van der Waals surface area contributed by atoms with Crippen molar-refractivity contribution >= 4 is 0 Å². The summed E-state index contributed by atoms with van der Waals surface area (Å²) in [5.41, 5.74) is 4.39. The zero-order valence-electron chi connectivity index (χ0n) is 11.0. The molecule has 0 amide bonds. The maximum atomic E-state index is 4.60. The predicted octanol–water partition coefficient (Wildman–Crippen LogP) is 3.55. The number of nitrogens with zero attached hydrogens (tertiary/aromatic N) is 3. The molecule has 3 nitrogen and oxygen atoms in total. The van der Waals surface area contributed by atoms with E-state index in [2.05, 4.69) is 45.7 Å². The highest BCUT2D eigenvalue weighted by atomic mass is 15.1. The van der Waals surface area contributed by atoms with Gasteiger partial charge in [0, 0.05) is 29.8 Å². The molecule has 3 heteroatoms. The van der Waals surface area contributed by atoms with E-state index in [4.69, 9.17) is 0 Å². The standard InChI is InChI=1S/C16H15N3/c1-12-5-7-15(8-6-12)19-11-13(2)18-16(19)14-4-3-9-17-10-14/h3-11H,1-2H3. The lowest BCUT2D eigenvalue weighted by Gasteiger charge is -2.07. The van der Waals surface area contributed by atoms with Crippen LogP contribution in [0.25, 0.3) is 17.1 Å². The third kappa shape index (κ3) is 2.27. The van der Waals surface area contributed by atoms with Crippen molar-refractivity contribution in [2.24, 2.45) is 0 Å². The Bertz CT molecular complexity index is 682. The molecule has 0 unspecified atom stereocenters. The van der Waals surface area contributed by atoms with Crippen molar-refractivity contribution in [3.05, 3.63) is 66.2 Å². The van der Waals surface area contributed by atoms with Crippen LogP contribution in [-0.2, 0) is 0 Å². The highest BCUT2D eigenvalue weighted by Gasteiger charge is 2.09. The number of hydrogen-bond acceptors (Lipinski definition) is 2. The van der Waals surface area contributed by atoms with Gasteiger partial charge in [-0.05, 0) is 38.1 Å². The molecule has 2 aromatic heterocycles. The first-order chi connectivity index (χ1) is 9.24. The van der Waals surface area contributed by atoms with E-state index in [1.807, 2.05) is 31.5 Å². The van der Waals surface area contributed by atoms with E-state index in [9.17, 15) is 0 Å². The van der Waals surface area contributed by atoms with Gasteiger partial charge in [0.15, 0.2) is 0 Å². The second-order valence-corrected chi connectivity index (χ2v) is 4.65. The van der Waals surface area contributed by atoms with Crippen LogP contribution in [-0.4, -0.2) is 14.5 Å². The van der Waals surface area contributed by atoms with Crippen LogP contribution < -0.4 is 0 Å². The monoisotopic (exact) mass is 249 g/mol. The molecule has 0 aliphatic heterocycles. The zero-order chi connectivity index (χ0) is 13.2. The van der Waals surface area contributed by atoms with Crippen LogP contribution in [0.5, 0.6) is 0 Å². The molecule has 0 atom stereocenters. The lowest BCUT2D eigenvalue weighted by molar-refractivity contribution is 1.06. The molecule has 3 aromatic rings. The Hall–Kier alpha value is -2.42. The third-order valence-corrected chi connectivity index (χ3v) is 3.06. The van der Waals surface area contributed by atoms with E-state index >= 15 is 0 Å². The molecule has 0 bridgehead atoms. The normalized spacial score (nSPS) is 10.6. The van der Waals surface area contributed by atoms with E-state index < -0.39 is 0 Å². The van der Waals surface area contributed by atoms with Gasteiger partial charge in [0.25, 0.3) is 0 Å². The molecule has 2 heterocycles. The highest BCUT2D eigenvalue weighted by Crippen LogP contribution is 2.22. The lowest BCUT2D eigenvalue weighted by atomic mass is 10.2. The number of hydrogen-bond donors (Lipinski definition) is 0. The van der Waals surface area contributed by atoms with Gasteiger partial charge in [-0.25, -0.2) is 4.98 Å². The van der Waals surface area contributed by atoms with Gasteiger partial charge >= 0.3 is 0 Å². The molecule has 94 valence electrons. The Kier molecular flexibility index (Phi) is 2.88. The van der Waals surface area contributed by atoms with Crippen molar-refractivity contribution in [2.75, 3.05) is 0 Å². The number of rotatable bonds is 2. The van der Waals surface area contributed by atoms with Gasteiger partial charge < -0.3 is 0 Å². The Morgan fingerprint density at radius 2 is 1.79 bits per heavy atom. The summed E-state index contributed by atoms with van der Waals surface area (Å²) in [6.45, 7) is 4.09. The van der Waals surface area contributed by atoms with Crippen LogP contribution in [0.4, 0.5) is 0 Å². The second-order valence-electron chi connectivity index (χ2n) is 4.65. The molecule has 3 rings (SSSR count). The molecule has 0 N–H and O–H groups in total. The Labute approximate surface area is 112 Å². The van der Waals surface area contributed by atoms with Crippen LogP contribution in [0.15, 0.2) is 55.0 Å². The van der Waals surface area contributed by atoms with Gasteiger partial charge in [0.05, 0.1) is 5.69 Å². The number of aromatic nitrogens is 3. The Morgan fingerprint density at radius 3 is 2.47 bits per heavy atom. The molecule has 0 radical (unpaired) electrons. The Balaban J connectivity index is 2.15. The molecular weight excluding hydrogens is 234 g/mol. The van der Waals surface area contributed by atoms with Gasteiger partial charge in [-0.1, -0.05) is 17.7 Å². The van der Waals surface area contributed by atoms with Crippen LogP contribution in [0.1, 0.15) is 11.3 Å². The average Bonchev–Trinajstić information content (AvgIpc) is 2.83. The minimum atomic E-state index is 0.925. The Morgan fingerprint density at radius 1 is 1.00 bits per heavy atom.